The number of anilines is 1. The second-order valence-corrected chi connectivity index (χ2v) is 10.3. The zero-order chi connectivity index (χ0) is 28.6. The number of halogens is 1. The summed E-state index contributed by atoms with van der Waals surface area (Å²) >= 11 is 1.27. The molecule has 1 aliphatic rings. The summed E-state index contributed by atoms with van der Waals surface area (Å²) in [6.45, 7) is 0.0637. The Morgan fingerprint density at radius 3 is 2.44 bits per heavy atom. The summed E-state index contributed by atoms with van der Waals surface area (Å²) in [5.41, 5.74) is 3.22. The first-order valence-corrected chi connectivity index (χ1v) is 13.8. The van der Waals surface area contributed by atoms with Crippen molar-refractivity contribution >= 4 is 46.0 Å². The lowest BCUT2D eigenvalue weighted by Crippen LogP contribution is -2.33. The van der Waals surface area contributed by atoms with Crippen molar-refractivity contribution in [2.75, 3.05) is 11.9 Å². The van der Waals surface area contributed by atoms with Crippen molar-refractivity contribution in [1.82, 2.24) is 15.2 Å². The number of nitrogens with one attached hydrogen (secondary N) is 2. The number of thioether (sulfide) groups is 1. The second-order valence-electron chi connectivity index (χ2n) is 9.23. The molecule has 10 heteroatoms. The fraction of sp³-hybridized carbons (Fsp3) is 0.129. The van der Waals surface area contributed by atoms with Gasteiger partial charge in [0.05, 0.1) is 30.9 Å². The van der Waals surface area contributed by atoms with E-state index in [4.69, 9.17) is 0 Å². The number of hydrogen-bond acceptors (Lipinski definition) is 6. The zero-order valence-corrected chi connectivity index (χ0v) is 22.7. The van der Waals surface area contributed by atoms with Crippen molar-refractivity contribution < 1.29 is 18.8 Å². The van der Waals surface area contributed by atoms with Crippen LogP contribution in [0.1, 0.15) is 22.1 Å². The van der Waals surface area contributed by atoms with Gasteiger partial charge in [-0.1, -0.05) is 66.4 Å². The summed E-state index contributed by atoms with van der Waals surface area (Å²) in [6, 6.07) is 27.6. The molecule has 2 heterocycles. The van der Waals surface area contributed by atoms with E-state index in [-0.39, 0.29) is 37.2 Å². The Labute approximate surface area is 240 Å². The Bertz CT molecular complexity index is 1570. The quantitative estimate of drug-likeness (QED) is 0.296. The van der Waals surface area contributed by atoms with Gasteiger partial charge in [0, 0.05) is 11.9 Å². The number of amides is 3. The molecule has 3 amide bonds. The number of aromatic nitrogens is 1. The standard InChI is InChI=1S/C31H26FN5O3S/c32-23-9-6-11-25(18-23)36-31-37(20-26-10-4-5-16-33-26)30(40)29(41-31)22-12-14-24(15-13-22)35-28(39)19-34-27(38)17-21-7-2-1-3-8-21/h1-16,18,29H,17,19-20H2,(H,34,38)(H,35,39). The van der Waals surface area contributed by atoms with Crippen molar-refractivity contribution in [1.29, 1.82) is 0 Å². The minimum Gasteiger partial charge on any atom is -0.347 e. The van der Waals surface area contributed by atoms with Gasteiger partial charge in [0.15, 0.2) is 5.17 Å². The highest BCUT2D eigenvalue weighted by Crippen LogP contribution is 2.41. The molecule has 0 aliphatic carbocycles. The average molecular weight is 568 g/mol. The number of rotatable bonds is 9. The van der Waals surface area contributed by atoms with Gasteiger partial charge in [0.1, 0.15) is 11.1 Å². The summed E-state index contributed by atoms with van der Waals surface area (Å²) in [7, 11) is 0. The first kappa shape index (κ1) is 27.7. The predicted molar refractivity (Wildman–Crippen MR) is 157 cm³/mol. The third kappa shape index (κ3) is 7.43. The van der Waals surface area contributed by atoms with E-state index in [1.165, 1.54) is 23.9 Å². The highest BCUT2D eigenvalue weighted by Gasteiger charge is 2.39. The highest BCUT2D eigenvalue weighted by atomic mass is 32.2. The number of aliphatic imine (C=N–C) groups is 1. The molecule has 1 aliphatic heterocycles. The molecule has 1 aromatic heterocycles. The van der Waals surface area contributed by atoms with Gasteiger partial charge < -0.3 is 10.6 Å². The van der Waals surface area contributed by atoms with E-state index in [0.717, 1.165) is 11.1 Å². The molecule has 8 nitrogen and oxygen atoms in total. The summed E-state index contributed by atoms with van der Waals surface area (Å²) in [6.07, 6.45) is 1.85. The van der Waals surface area contributed by atoms with E-state index < -0.39 is 11.1 Å². The number of hydrogen-bond donors (Lipinski definition) is 2. The van der Waals surface area contributed by atoms with E-state index in [1.807, 2.05) is 42.5 Å². The van der Waals surface area contributed by atoms with Gasteiger partial charge in [0.2, 0.25) is 17.7 Å². The van der Waals surface area contributed by atoms with Crippen molar-refractivity contribution in [3.8, 4) is 0 Å². The van der Waals surface area contributed by atoms with Crippen LogP contribution < -0.4 is 10.6 Å². The Hall–Kier alpha value is -4.83. The van der Waals surface area contributed by atoms with Gasteiger partial charge >= 0.3 is 0 Å². The molecule has 3 aromatic carbocycles. The molecular formula is C31H26FN5O3S. The number of pyridine rings is 1. The minimum atomic E-state index is -0.576. The van der Waals surface area contributed by atoms with E-state index in [1.54, 1.807) is 53.6 Å². The van der Waals surface area contributed by atoms with E-state index in [2.05, 4.69) is 20.6 Å². The van der Waals surface area contributed by atoms with Crippen LogP contribution in [0.2, 0.25) is 0 Å². The highest BCUT2D eigenvalue weighted by molar-refractivity contribution is 8.15. The van der Waals surface area contributed by atoms with Crippen molar-refractivity contribution in [2.24, 2.45) is 4.99 Å². The van der Waals surface area contributed by atoms with E-state index >= 15 is 0 Å². The number of nitrogens with zero attached hydrogens (tertiary/aromatic N) is 3. The molecule has 0 radical (unpaired) electrons. The van der Waals surface area contributed by atoms with Crippen LogP contribution in [0.25, 0.3) is 0 Å². The van der Waals surface area contributed by atoms with Crippen LogP contribution in [0.15, 0.2) is 108 Å². The topological polar surface area (TPSA) is 104 Å². The van der Waals surface area contributed by atoms with Crippen molar-refractivity contribution in [3.63, 3.8) is 0 Å². The first-order valence-electron chi connectivity index (χ1n) is 12.9. The smallest absolute Gasteiger partial charge is 0.247 e. The monoisotopic (exact) mass is 567 g/mol. The number of carbonyl (C=O) groups excluding carboxylic acids is 3. The molecule has 1 fully saturated rings. The van der Waals surface area contributed by atoms with Crippen molar-refractivity contribution in [2.45, 2.75) is 18.2 Å². The fourth-order valence-electron chi connectivity index (χ4n) is 4.18. The molecule has 1 saturated heterocycles. The van der Waals surface area contributed by atoms with Gasteiger partial charge in [-0.3, -0.25) is 24.3 Å². The molecule has 1 atom stereocenters. The van der Waals surface area contributed by atoms with E-state index in [9.17, 15) is 18.8 Å². The molecule has 0 saturated carbocycles. The van der Waals surface area contributed by atoms with Crippen molar-refractivity contribution in [3.05, 3.63) is 126 Å². The van der Waals surface area contributed by atoms with Gasteiger partial charge in [-0.15, -0.1) is 0 Å². The first-order chi connectivity index (χ1) is 19.9. The third-order valence-electron chi connectivity index (χ3n) is 6.17. The fourth-order valence-corrected chi connectivity index (χ4v) is 5.35. The minimum absolute atomic E-state index is 0.160. The molecule has 41 heavy (non-hydrogen) atoms. The molecule has 1 unspecified atom stereocenters. The van der Waals surface area contributed by atoms with Gasteiger partial charge in [-0.2, -0.15) is 0 Å². The lowest BCUT2D eigenvalue weighted by molar-refractivity contribution is -0.126. The SMILES string of the molecule is O=C(Cc1ccccc1)NCC(=O)Nc1ccc(C2SC(=Nc3cccc(F)c3)N(Cc3ccccn3)C2=O)cc1. The Morgan fingerprint density at radius 1 is 0.927 bits per heavy atom. The number of benzene rings is 3. The van der Waals surface area contributed by atoms with Gasteiger partial charge in [-0.25, -0.2) is 9.38 Å². The predicted octanol–water partition coefficient (Wildman–Crippen LogP) is 5.02. The third-order valence-corrected chi connectivity index (χ3v) is 7.41. The molecule has 5 rings (SSSR count). The maximum atomic E-state index is 13.8. The van der Waals surface area contributed by atoms with Crippen LogP contribution in [-0.2, 0) is 27.3 Å². The summed E-state index contributed by atoms with van der Waals surface area (Å²) < 4.78 is 13.8. The van der Waals surface area contributed by atoms with Crippen LogP contribution in [0.3, 0.4) is 0 Å². The average Bonchev–Trinajstić information content (AvgIpc) is 3.27. The lowest BCUT2D eigenvalue weighted by atomic mass is 10.1. The second kappa shape index (κ2) is 13.0. The van der Waals surface area contributed by atoms with E-state index in [0.29, 0.717) is 22.2 Å². The maximum Gasteiger partial charge on any atom is 0.247 e. The maximum absolute atomic E-state index is 13.8. The molecular weight excluding hydrogens is 541 g/mol. The van der Waals surface area contributed by atoms with Crippen LogP contribution in [-0.4, -0.2) is 39.3 Å². The zero-order valence-electron chi connectivity index (χ0n) is 21.9. The molecule has 206 valence electrons. The molecule has 4 aromatic rings. The lowest BCUT2D eigenvalue weighted by Gasteiger charge is -2.16. The normalized spacial score (nSPS) is 15.6. The molecule has 0 bridgehead atoms. The Kier molecular flexibility index (Phi) is 8.80. The number of carbonyl (C=O) groups is 3. The largest absolute Gasteiger partial charge is 0.347 e. The van der Waals surface area contributed by atoms with Gasteiger partial charge in [-0.05, 0) is 53.6 Å². The molecule has 0 spiro atoms. The summed E-state index contributed by atoms with van der Waals surface area (Å²) in [5.74, 6) is -1.20. The van der Waals surface area contributed by atoms with Gasteiger partial charge in [0.25, 0.3) is 0 Å². The van der Waals surface area contributed by atoms with Crippen LogP contribution in [0.4, 0.5) is 15.8 Å². The molecule has 2 N–H and O–H groups in total. The summed E-state index contributed by atoms with van der Waals surface area (Å²) in [5, 5.41) is 5.24. The number of amidine groups is 1. The Balaban J connectivity index is 1.24. The van der Waals surface area contributed by atoms with Crippen LogP contribution in [0.5, 0.6) is 0 Å². The van der Waals surface area contributed by atoms with Crippen LogP contribution >= 0.6 is 11.8 Å². The summed E-state index contributed by atoms with van der Waals surface area (Å²) in [4.78, 5) is 48.5. The Morgan fingerprint density at radius 2 is 1.71 bits per heavy atom. The van der Waals surface area contributed by atoms with Crippen LogP contribution in [0, 0.1) is 5.82 Å².